The van der Waals surface area contributed by atoms with E-state index >= 15 is 0 Å². The number of aliphatic imine (C=N–C) groups is 1. The van der Waals surface area contributed by atoms with Crippen LogP contribution in [0, 0.1) is 0 Å². The first kappa shape index (κ1) is 16.3. The van der Waals surface area contributed by atoms with E-state index in [9.17, 15) is 0 Å². The minimum atomic E-state index is 0.235. The molecule has 0 bridgehead atoms. The Balaban J connectivity index is 2.43. The Morgan fingerprint density at radius 2 is 2.32 bits per heavy atom. The van der Waals surface area contributed by atoms with Gasteiger partial charge in [0.1, 0.15) is 0 Å². The minimum absolute atomic E-state index is 0.235. The van der Waals surface area contributed by atoms with Crippen molar-refractivity contribution in [3.63, 3.8) is 0 Å². The molecule has 108 valence electrons. The smallest absolute Gasteiger partial charge is 0.191 e. The maximum Gasteiger partial charge on any atom is 0.191 e. The van der Waals surface area contributed by atoms with Gasteiger partial charge >= 0.3 is 0 Å². The number of ether oxygens (including phenoxy) is 1. The Morgan fingerprint density at radius 1 is 1.53 bits per heavy atom. The van der Waals surface area contributed by atoms with Crippen LogP contribution in [-0.4, -0.2) is 38.8 Å². The van der Waals surface area contributed by atoms with Gasteiger partial charge in [-0.25, -0.2) is 0 Å². The third kappa shape index (κ3) is 6.80. The summed E-state index contributed by atoms with van der Waals surface area (Å²) < 4.78 is 5.93. The van der Waals surface area contributed by atoms with Gasteiger partial charge in [-0.1, -0.05) is 11.6 Å². The van der Waals surface area contributed by atoms with Crippen molar-refractivity contribution in [2.24, 2.45) is 4.99 Å². The highest BCUT2D eigenvalue weighted by Gasteiger charge is 2.04. The van der Waals surface area contributed by atoms with E-state index in [1.165, 1.54) is 4.88 Å². The van der Waals surface area contributed by atoms with Crippen molar-refractivity contribution < 1.29 is 4.74 Å². The number of halogens is 1. The van der Waals surface area contributed by atoms with E-state index in [0.29, 0.717) is 6.61 Å². The molecule has 0 spiro atoms. The van der Waals surface area contributed by atoms with Gasteiger partial charge in [-0.2, -0.15) is 0 Å². The zero-order valence-corrected chi connectivity index (χ0v) is 13.3. The molecule has 6 heteroatoms. The van der Waals surface area contributed by atoms with Gasteiger partial charge in [-0.3, -0.25) is 4.99 Å². The van der Waals surface area contributed by atoms with Crippen LogP contribution < -0.4 is 10.6 Å². The molecule has 1 atom stereocenters. The van der Waals surface area contributed by atoms with E-state index in [4.69, 9.17) is 16.3 Å². The van der Waals surface area contributed by atoms with Gasteiger partial charge in [0.15, 0.2) is 5.96 Å². The molecular weight excluding hydrogens is 282 g/mol. The highest BCUT2D eigenvalue weighted by atomic mass is 35.5. The highest BCUT2D eigenvalue weighted by Crippen LogP contribution is 2.21. The average Bonchev–Trinajstić information content (AvgIpc) is 2.75. The number of methoxy groups -OCH3 is 1. The lowest BCUT2D eigenvalue weighted by molar-refractivity contribution is 0.179. The predicted molar refractivity (Wildman–Crippen MR) is 83.5 cm³/mol. The Hall–Kier alpha value is -0.780. The van der Waals surface area contributed by atoms with Crippen LogP contribution in [0.25, 0.3) is 0 Å². The number of nitrogens with zero attached hydrogens (tertiary/aromatic N) is 1. The SMILES string of the molecule is CCNC(=NCCc1ccc(Cl)s1)NC(C)COC. The highest BCUT2D eigenvalue weighted by molar-refractivity contribution is 7.16. The van der Waals surface area contributed by atoms with Crippen molar-refractivity contribution in [3.05, 3.63) is 21.3 Å². The molecule has 0 radical (unpaired) electrons. The summed E-state index contributed by atoms with van der Waals surface area (Å²) in [6.07, 6.45) is 0.909. The van der Waals surface area contributed by atoms with Gasteiger partial charge < -0.3 is 15.4 Å². The molecule has 0 aliphatic rings. The maximum atomic E-state index is 5.90. The maximum absolute atomic E-state index is 5.90. The zero-order valence-electron chi connectivity index (χ0n) is 11.7. The second-order valence-electron chi connectivity index (χ2n) is 4.22. The van der Waals surface area contributed by atoms with Crippen LogP contribution in [0.2, 0.25) is 4.34 Å². The third-order valence-corrected chi connectivity index (χ3v) is 3.69. The van der Waals surface area contributed by atoms with E-state index in [-0.39, 0.29) is 6.04 Å². The molecule has 1 aromatic heterocycles. The number of rotatable bonds is 7. The van der Waals surface area contributed by atoms with Crippen LogP contribution in [0.4, 0.5) is 0 Å². The topological polar surface area (TPSA) is 45.7 Å². The third-order valence-electron chi connectivity index (χ3n) is 2.40. The zero-order chi connectivity index (χ0) is 14.1. The van der Waals surface area contributed by atoms with Gasteiger partial charge in [0.25, 0.3) is 0 Å². The summed E-state index contributed by atoms with van der Waals surface area (Å²) in [6, 6.07) is 4.21. The number of nitrogens with one attached hydrogen (secondary N) is 2. The van der Waals surface area contributed by atoms with Gasteiger partial charge in [0, 0.05) is 37.5 Å². The molecule has 0 saturated carbocycles. The summed E-state index contributed by atoms with van der Waals surface area (Å²) in [7, 11) is 1.70. The molecule has 4 nitrogen and oxygen atoms in total. The van der Waals surface area contributed by atoms with Crippen LogP contribution in [-0.2, 0) is 11.2 Å². The summed E-state index contributed by atoms with van der Waals surface area (Å²) in [5.41, 5.74) is 0. The molecule has 1 heterocycles. The Morgan fingerprint density at radius 3 is 2.89 bits per heavy atom. The molecule has 0 saturated heterocycles. The fourth-order valence-corrected chi connectivity index (χ4v) is 2.69. The molecule has 2 N–H and O–H groups in total. The molecule has 0 fully saturated rings. The first-order chi connectivity index (χ1) is 9.15. The fraction of sp³-hybridized carbons (Fsp3) is 0.615. The predicted octanol–water partition coefficient (Wildman–Crippen LogP) is 2.53. The molecule has 0 aliphatic carbocycles. The van der Waals surface area contributed by atoms with E-state index in [1.807, 2.05) is 6.07 Å². The van der Waals surface area contributed by atoms with Crippen molar-refractivity contribution in [2.75, 3.05) is 26.8 Å². The Bertz CT molecular complexity index is 395. The molecule has 0 amide bonds. The van der Waals surface area contributed by atoms with Gasteiger partial charge in [0.2, 0.25) is 0 Å². The molecule has 0 aliphatic heterocycles. The van der Waals surface area contributed by atoms with Crippen LogP contribution >= 0.6 is 22.9 Å². The fourth-order valence-electron chi connectivity index (χ4n) is 1.61. The van der Waals surface area contributed by atoms with E-state index in [1.54, 1.807) is 18.4 Å². The van der Waals surface area contributed by atoms with Crippen molar-refractivity contribution in [3.8, 4) is 0 Å². The normalized spacial score (nSPS) is 13.4. The van der Waals surface area contributed by atoms with E-state index in [2.05, 4.69) is 35.5 Å². The number of thiophene rings is 1. The number of guanidine groups is 1. The largest absolute Gasteiger partial charge is 0.383 e. The number of hydrogen-bond acceptors (Lipinski definition) is 3. The minimum Gasteiger partial charge on any atom is -0.383 e. The van der Waals surface area contributed by atoms with E-state index < -0.39 is 0 Å². The van der Waals surface area contributed by atoms with Crippen LogP contribution in [0.1, 0.15) is 18.7 Å². The lowest BCUT2D eigenvalue weighted by atomic mass is 10.3. The van der Waals surface area contributed by atoms with Gasteiger partial charge in [0.05, 0.1) is 10.9 Å². The first-order valence-corrected chi connectivity index (χ1v) is 7.63. The monoisotopic (exact) mass is 303 g/mol. The van der Waals surface area contributed by atoms with Gasteiger partial charge in [-0.05, 0) is 26.0 Å². The van der Waals surface area contributed by atoms with Crippen LogP contribution in [0.5, 0.6) is 0 Å². The molecule has 1 rings (SSSR count). The summed E-state index contributed by atoms with van der Waals surface area (Å²) in [4.78, 5) is 5.80. The van der Waals surface area contributed by atoms with Crippen LogP contribution in [0.15, 0.2) is 17.1 Å². The summed E-state index contributed by atoms with van der Waals surface area (Å²) in [6.45, 7) is 6.36. The lowest BCUT2D eigenvalue weighted by Crippen LogP contribution is -2.44. The molecular formula is C13H22ClN3OS. The molecule has 1 aromatic rings. The van der Waals surface area contributed by atoms with Crippen molar-refractivity contribution >= 4 is 28.9 Å². The van der Waals surface area contributed by atoms with Gasteiger partial charge in [-0.15, -0.1) is 11.3 Å². The lowest BCUT2D eigenvalue weighted by Gasteiger charge is -2.16. The second kappa shape index (κ2) is 9.18. The Kier molecular flexibility index (Phi) is 7.86. The van der Waals surface area contributed by atoms with Crippen molar-refractivity contribution in [1.82, 2.24) is 10.6 Å². The molecule has 0 aromatic carbocycles. The average molecular weight is 304 g/mol. The van der Waals surface area contributed by atoms with Crippen molar-refractivity contribution in [2.45, 2.75) is 26.3 Å². The quantitative estimate of drug-likeness (QED) is 0.601. The standard InChI is InChI=1S/C13H22ClN3OS/c1-4-15-13(17-10(2)9-18-3)16-8-7-11-5-6-12(14)19-11/h5-6,10H,4,7-9H2,1-3H3,(H2,15,16,17). The summed E-state index contributed by atoms with van der Waals surface area (Å²) in [5.74, 6) is 0.828. The second-order valence-corrected chi connectivity index (χ2v) is 6.02. The molecule has 1 unspecified atom stereocenters. The van der Waals surface area contributed by atoms with Crippen LogP contribution in [0.3, 0.4) is 0 Å². The summed E-state index contributed by atoms with van der Waals surface area (Å²) in [5, 5.41) is 6.53. The molecule has 19 heavy (non-hydrogen) atoms. The summed E-state index contributed by atoms with van der Waals surface area (Å²) >= 11 is 7.51. The number of hydrogen-bond donors (Lipinski definition) is 2. The first-order valence-electron chi connectivity index (χ1n) is 6.43. The van der Waals surface area contributed by atoms with Crippen molar-refractivity contribution in [1.29, 1.82) is 0 Å². The van der Waals surface area contributed by atoms with E-state index in [0.717, 1.165) is 29.8 Å². The Labute approximate surface area is 124 Å².